The fourth-order valence-electron chi connectivity index (χ4n) is 2.14. The largest absolute Gasteiger partial charge is 0.381 e. The number of methoxy groups -OCH3 is 1. The second-order valence-electron chi connectivity index (χ2n) is 4.98. The summed E-state index contributed by atoms with van der Waals surface area (Å²) in [6, 6.07) is 2.00. The minimum atomic E-state index is -0.0862. The van der Waals surface area contributed by atoms with Crippen LogP contribution in [-0.4, -0.2) is 36.7 Å². The van der Waals surface area contributed by atoms with E-state index in [1.807, 2.05) is 0 Å². The van der Waals surface area contributed by atoms with Crippen LogP contribution in [0.2, 0.25) is 0 Å². The topological polar surface area (TPSA) is 63.2 Å². The minimum absolute atomic E-state index is 0.0862. The Hall–Kier alpha value is -1.14. The molecule has 0 bridgehead atoms. The summed E-state index contributed by atoms with van der Waals surface area (Å²) in [5.41, 5.74) is 0.577. The van der Waals surface area contributed by atoms with Gasteiger partial charge in [0.25, 0.3) is 5.91 Å². The maximum absolute atomic E-state index is 12.3. The second kappa shape index (κ2) is 7.04. The number of hydrogen-bond donors (Lipinski definition) is 2. The Balaban J connectivity index is 2.02. The number of anilines is 1. The maximum atomic E-state index is 12.3. The molecule has 1 aromatic rings. The number of rotatable bonds is 6. The molecular weight excluding hydrogens is 322 g/mol. The van der Waals surface area contributed by atoms with E-state index in [0.717, 1.165) is 30.3 Å². The molecule has 1 amide bonds. The number of carbonyl (C=O) groups is 1. The van der Waals surface area contributed by atoms with Crippen LogP contribution in [0.5, 0.6) is 0 Å². The highest BCUT2D eigenvalue weighted by molar-refractivity contribution is 9.10. The number of nitrogens with zero attached hydrogens (tertiary/aromatic N) is 1. The average molecular weight is 342 g/mol. The van der Waals surface area contributed by atoms with Crippen LogP contribution in [-0.2, 0) is 4.74 Å². The lowest BCUT2D eigenvalue weighted by atomic mass is 9.89. The third-order valence-electron chi connectivity index (χ3n) is 3.40. The molecule has 6 heteroatoms. The first-order valence-corrected chi connectivity index (χ1v) is 7.66. The van der Waals surface area contributed by atoms with E-state index in [-0.39, 0.29) is 18.1 Å². The van der Waals surface area contributed by atoms with E-state index < -0.39 is 0 Å². The lowest BCUT2D eigenvalue weighted by Gasteiger charge is -2.34. The average Bonchev–Trinajstić information content (AvgIpc) is 2.40. The van der Waals surface area contributed by atoms with Crippen molar-refractivity contribution in [2.24, 2.45) is 0 Å². The molecule has 0 aliphatic heterocycles. The number of nitrogens with one attached hydrogen (secondary N) is 2. The summed E-state index contributed by atoms with van der Waals surface area (Å²) in [5.74, 6) is 0.548. The summed E-state index contributed by atoms with van der Waals surface area (Å²) in [5, 5.41) is 6.20. The van der Waals surface area contributed by atoms with E-state index in [2.05, 4.69) is 38.5 Å². The fourth-order valence-corrected chi connectivity index (χ4v) is 2.47. The van der Waals surface area contributed by atoms with Crippen LogP contribution in [0.25, 0.3) is 0 Å². The summed E-state index contributed by atoms with van der Waals surface area (Å²) < 4.78 is 6.02. The van der Waals surface area contributed by atoms with Crippen molar-refractivity contribution in [2.45, 2.75) is 38.3 Å². The van der Waals surface area contributed by atoms with Gasteiger partial charge in [0.2, 0.25) is 0 Å². The summed E-state index contributed by atoms with van der Waals surface area (Å²) in [4.78, 5) is 16.6. The van der Waals surface area contributed by atoms with Crippen molar-refractivity contribution >= 4 is 27.7 Å². The van der Waals surface area contributed by atoms with Crippen LogP contribution >= 0.6 is 15.9 Å². The van der Waals surface area contributed by atoms with Crippen molar-refractivity contribution in [3.05, 3.63) is 22.3 Å². The number of aromatic nitrogens is 1. The van der Waals surface area contributed by atoms with Gasteiger partial charge in [-0.15, -0.1) is 0 Å². The highest BCUT2D eigenvalue weighted by Gasteiger charge is 2.30. The normalized spacial score (nSPS) is 21.1. The number of pyridine rings is 1. The zero-order valence-corrected chi connectivity index (χ0v) is 13.4. The van der Waals surface area contributed by atoms with Gasteiger partial charge in [-0.1, -0.05) is 6.92 Å². The van der Waals surface area contributed by atoms with Gasteiger partial charge < -0.3 is 15.4 Å². The molecule has 1 aliphatic carbocycles. The zero-order chi connectivity index (χ0) is 14.5. The fraction of sp³-hybridized carbons (Fsp3) is 0.571. The molecule has 0 atom stereocenters. The zero-order valence-electron chi connectivity index (χ0n) is 11.8. The Kier molecular flexibility index (Phi) is 5.37. The van der Waals surface area contributed by atoms with E-state index in [4.69, 9.17) is 4.74 Å². The van der Waals surface area contributed by atoms with E-state index in [1.54, 1.807) is 19.4 Å². The van der Waals surface area contributed by atoms with Crippen molar-refractivity contribution in [3.8, 4) is 0 Å². The van der Waals surface area contributed by atoms with E-state index in [9.17, 15) is 4.79 Å². The van der Waals surface area contributed by atoms with E-state index in [1.165, 1.54) is 0 Å². The maximum Gasteiger partial charge on any atom is 0.255 e. The van der Waals surface area contributed by atoms with Gasteiger partial charge in [0, 0.05) is 30.4 Å². The number of ether oxygens (including phenoxy) is 1. The first-order valence-electron chi connectivity index (χ1n) is 6.87. The Morgan fingerprint density at radius 3 is 2.95 bits per heavy atom. The van der Waals surface area contributed by atoms with Gasteiger partial charge in [-0.3, -0.25) is 4.79 Å². The number of carbonyl (C=O) groups excluding carboxylic acids is 1. The Labute approximate surface area is 127 Å². The molecule has 20 heavy (non-hydrogen) atoms. The van der Waals surface area contributed by atoms with Gasteiger partial charge in [0.05, 0.1) is 11.7 Å². The predicted octanol–water partition coefficient (Wildman–Crippen LogP) is 2.57. The van der Waals surface area contributed by atoms with Crippen LogP contribution in [0.4, 0.5) is 5.82 Å². The van der Waals surface area contributed by atoms with Gasteiger partial charge in [0.15, 0.2) is 0 Å². The van der Waals surface area contributed by atoms with E-state index in [0.29, 0.717) is 11.4 Å². The predicted molar refractivity (Wildman–Crippen MR) is 82.0 cm³/mol. The monoisotopic (exact) mass is 341 g/mol. The third-order valence-corrected chi connectivity index (χ3v) is 3.84. The van der Waals surface area contributed by atoms with Gasteiger partial charge in [-0.05, 0) is 41.3 Å². The summed E-state index contributed by atoms with van der Waals surface area (Å²) in [6.45, 7) is 2.87. The first-order chi connectivity index (χ1) is 9.63. The second-order valence-corrected chi connectivity index (χ2v) is 5.89. The molecule has 1 saturated carbocycles. The van der Waals surface area contributed by atoms with Gasteiger partial charge in [-0.2, -0.15) is 0 Å². The summed E-state index contributed by atoms with van der Waals surface area (Å²) >= 11 is 3.36. The molecule has 2 N–H and O–H groups in total. The molecule has 1 fully saturated rings. The minimum Gasteiger partial charge on any atom is -0.381 e. The van der Waals surface area contributed by atoms with Crippen LogP contribution in [0.3, 0.4) is 0 Å². The standard InChI is InChI=1S/C14H20BrN3O2/c1-3-4-16-13-12(5-9(15)8-17-13)14(19)18-10-6-11(7-10)20-2/h5,8,10-11H,3-4,6-7H2,1-2H3,(H,16,17)(H,18,19). The molecule has 1 aromatic heterocycles. The molecule has 0 unspecified atom stereocenters. The Bertz CT molecular complexity index is 475. The van der Waals surface area contributed by atoms with Crippen LogP contribution in [0.1, 0.15) is 36.5 Å². The van der Waals surface area contributed by atoms with Crippen LogP contribution in [0.15, 0.2) is 16.7 Å². The molecule has 0 saturated heterocycles. The number of amides is 1. The SMILES string of the molecule is CCCNc1ncc(Br)cc1C(=O)NC1CC(OC)C1. The number of hydrogen-bond acceptors (Lipinski definition) is 4. The van der Waals surface area contributed by atoms with Crippen molar-refractivity contribution in [3.63, 3.8) is 0 Å². The smallest absolute Gasteiger partial charge is 0.255 e. The molecule has 0 aromatic carbocycles. The van der Waals surface area contributed by atoms with Crippen molar-refractivity contribution in [1.82, 2.24) is 10.3 Å². The van der Waals surface area contributed by atoms with Gasteiger partial charge in [0.1, 0.15) is 5.82 Å². The molecule has 1 aliphatic rings. The highest BCUT2D eigenvalue weighted by atomic mass is 79.9. The summed E-state index contributed by atoms with van der Waals surface area (Å²) in [6.07, 6.45) is 4.71. The lowest BCUT2D eigenvalue weighted by Crippen LogP contribution is -2.47. The molecule has 110 valence electrons. The molecule has 2 rings (SSSR count). The molecule has 0 spiro atoms. The molecule has 5 nitrogen and oxygen atoms in total. The Morgan fingerprint density at radius 1 is 1.55 bits per heavy atom. The lowest BCUT2D eigenvalue weighted by molar-refractivity contribution is 0.0176. The van der Waals surface area contributed by atoms with Crippen molar-refractivity contribution < 1.29 is 9.53 Å². The highest BCUT2D eigenvalue weighted by Crippen LogP contribution is 2.24. The Morgan fingerprint density at radius 2 is 2.30 bits per heavy atom. The molecular formula is C14H20BrN3O2. The van der Waals surface area contributed by atoms with Crippen molar-refractivity contribution in [2.75, 3.05) is 19.0 Å². The quantitative estimate of drug-likeness (QED) is 0.834. The number of halogens is 1. The molecule has 1 heterocycles. The molecule has 0 radical (unpaired) electrons. The summed E-state index contributed by atoms with van der Waals surface area (Å²) in [7, 11) is 1.70. The van der Waals surface area contributed by atoms with Gasteiger partial charge >= 0.3 is 0 Å². The van der Waals surface area contributed by atoms with Crippen molar-refractivity contribution in [1.29, 1.82) is 0 Å². The van der Waals surface area contributed by atoms with E-state index >= 15 is 0 Å². The van der Waals surface area contributed by atoms with Crippen LogP contribution in [0, 0.1) is 0 Å². The van der Waals surface area contributed by atoms with Gasteiger partial charge in [-0.25, -0.2) is 4.98 Å². The van der Waals surface area contributed by atoms with Crippen LogP contribution < -0.4 is 10.6 Å². The first kappa shape index (κ1) is 15.3. The third kappa shape index (κ3) is 3.70.